The average Bonchev–Trinajstić information content (AvgIpc) is 3.15. The maximum atomic E-state index is 2.24. The molecule has 0 saturated heterocycles. The Balaban J connectivity index is 0.000000429. The molecular formula is C21H19Cl2Zr. The molecule has 4 rings (SSSR count). The summed E-state index contributed by atoms with van der Waals surface area (Å²) in [4.78, 5) is 0. The van der Waals surface area contributed by atoms with Gasteiger partial charge in [0.25, 0.3) is 0 Å². The summed E-state index contributed by atoms with van der Waals surface area (Å²) in [5.74, 6) is 0. The Morgan fingerprint density at radius 1 is 0.708 bits per heavy atom. The molecule has 24 heavy (non-hydrogen) atoms. The first kappa shape index (κ1) is 23.0. The van der Waals surface area contributed by atoms with Gasteiger partial charge in [0.1, 0.15) is 0 Å². The van der Waals surface area contributed by atoms with Gasteiger partial charge in [-0.2, -0.15) is 0 Å². The van der Waals surface area contributed by atoms with Gasteiger partial charge in [0, 0.05) is 0 Å². The molecule has 0 heterocycles. The monoisotopic (exact) mass is 431 g/mol. The van der Waals surface area contributed by atoms with Gasteiger partial charge >= 0.3 is 26.2 Å². The summed E-state index contributed by atoms with van der Waals surface area (Å²) in [5.41, 5.74) is 2.74. The summed E-state index contributed by atoms with van der Waals surface area (Å²) < 4.78 is 0. The van der Waals surface area contributed by atoms with Crippen LogP contribution in [0.15, 0.2) is 90.0 Å². The number of fused-ring (bicyclic) bond motifs is 3. The van der Waals surface area contributed by atoms with Gasteiger partial charge in [0.15, 0.2) is 0 Å². The first-order valence-corrected chi connectivity index (χ1v) is 7.31. The van der Waals surface area contributed by atoms with Crippen LogP contribution >= 0.6 is 0 Å². The zero-order chi connectivity index (χ0) is 14.7. The van der Waals surface area contributed by atoms with E-state index in [9.17, 15) is 0 Å². The van der Waals surface area contributed by atoms with Crippen molar-refractivity contribution in [3.8, 4) is 0 Å². The van der Waals surface area contributed by atoms with Crippen molar-refractivity contribution in [2.45, 2.75) is 13.8 Å². The molecule has 1 aliphatic rings. The Bertz CT molecular complexity index is 801. The number of hydrogen-bond acceptors (Lipinski definition) is 0. The minimum Gasteiger partial charge on any atom is -1.00 e. The van der Waals surface area contributed by atoms with Gasteiger partial charge in [-0.25, -0.2) is 0 Å². The van der Waals surface area contributed by atoms with E-state index in [1.54, 1.807) is 0 Å². The fourth-order valence-electron chi connectivity index (χ4n) is 2.61. The molecule has 0 aliphatic heterocycles. The molecule has 3 aromatic carbocycles. The Morgan fingerprint density at radius 2 is 1.12 bits per heavy atom. The first-order chi connectivity index (χ1) is 10.3. The summed E-state index contributed by atoms with van der Waals surface area (Å²) in [7, 11) is 0. The summed E-state index contributed by atoms with van der Waals surface area (Å²) in [6.45, 7) is 4.24. The Kier molecular flexibility index (Phi) is 10.3. The third-order valence-electron chi connectivity index (χ3n) is 3.76. The number of rotatable bonds is 0. The van der Waals surface area contributed by atoms with Gasteiger partial charge in [-0.05, 0) is 19.4 Å². The van der Waals surface area contributed by atoms with Gasteiger partial charge in [-0.3, -0.25) is 0 Å². The Morgan fingerprint density at radius 3 is 1.50 bits per heavy atom. The molecule has 0 bridgehead atoms. The second-order valence-electron chi connectivity index (χ2n) is 5.49. The second kappa shape index (κ2) is 10.8. The topological polar surface area (TPSA) is 0 Å². The van der Waals surface area contributed by atoms with E-state index in [2.05, 4.69) is 92.7 Å². The second-order valence-corrected chi connectivity index (χ2v) is 5.49. The normalized spacial score (nSPS) is 11.2. The van der Waals surface area contributed by atoms with Gasteiger partial charge in [-0.1, -0.05) is 66.3 Å². The summed E-state index contributed by atoms with van der Waals surface area (Å²) >= 11 is 0. The van der Waals surface area contributed by atoms with Gasteiger partial charge in [0.2, 0.25) is 0 Å². The van der Waals surface area contributed by atoms with E-state index in [0.717, 1.165) is 0 Å². The molecular weight excluding hydrogens is 414 g/mol. The standard InChI is InChI=1S/C13H9.C8H10.2ClH.Zr/c1-3-7-12-10(5-1)9-11-6-2-4-8-13(11)12;1-7(2)8-5-3-4-6-8;;;/h1-9H;3-6H,1-2H3;2*1H;/q-1;;;;+3/p-2. The average molecular weight is 434 g/mol. The van der Waals surface area contributed by atoms with Crippen LogP contribution in [0.5, 0.6) is 0 Å². The quantitative estimate of drug-likeness (QED) is 0.444. The van der Waals surface area contributed by atoms with Crippen LogP contribution in [0.3, 0.4) is 0 Å². The van der Waals surface area contributed by atoms with Gasteiger partial charge in [-0.15, -0.1) is 39.7 Å². The fraction of sp³-hybridized carbons (Fsp3) is 0.0952. The van der Waals surface area contributed by atoms with Crippen molar-refractivity contribution in [2.75, 3.05) is 0 Å². The Hall–Kier alpha value is -1.01. The van der Waals surface area contributed by atoms with E-state index in [4.69, 9.17) is 0 Å². The van der Waals surface area contributed by atoms with E-state index in [1.807, 2.05) is 0 Å². The van der Waals surface area contributed by atoms with Crippen molar-refractivity contribution < 1.29 is 51.0 Å². The van der Waals surface area contributed by atoms with Crippen LogP contribution in [0.25, 0.3) is 21.5 Å². The smallest absolute Gasteiger partial charge is 1.00 e. The van der Waals surface area contributed by atoms with E-state index in [0.29, 0.717) is 0 Å². The molecule has 121 valence electrons. The van der Waals surface area contributed by atoms with E-state index in [-0.39, 0.29) is 51.0 Å². The van der Waals surface area contributed by atoms with E-state index in [1.165, 1.54) is 32.7 Å². The van der Waals surface area contributed by atoms with Gasteiger partial charge in [0.05, 0.1) is 0 Å². The van der Waals surface area contributed by atoms with Crippen LogP contribution in [0.1, 0.15) is 13.8 Å². The number of allylic oxidation sites excluding steroid dienone is 6. The zero-order valence-corrected chi connectivity index (χ0v) is 17.7. The fourth-order valence-corrected chi connectivity index (χ4v) is 2.61. The molecule has 1 radical (unpaired) electrons. The predicted octanol–water partition coefficient (Wildman–Crippen LogP) is 0.166. The molecule has 0 atom stereocenters. The molecule has 3 aromatic rings. The summed E-state index contributed by atoms with van der Waals surface area (Å²) in [5, 5.41) is 5.39. The summed E-state index contributed by atoms with van der Waals surface area (Å²) in [6, 6.07) is 19.3. The number of hydrogen-bond donors (Lipinski definition) is 0. The molecule has 0 nitrogen and oxygen atoms in total. The Labute approximate surface area is 175 Å². The van der Waals surface area contributed by atoms with Crippen LogP contribution in [0.4, 0.5) is 0 Å². The predicted molar refractivity (Wildman–Crippen MR) is 93.7 cm³/mol. The maximum absolute atomic E-state index is 2.24. The molecule has 0 aromatic heterocycles. The number of halogens is 2. The van der Waals surface area contributed by atoms with Crippen LogP contribution in [0, 0.1) is 0 Å². The summed E-state index contributed by atoms with van der Waals surface area (Å²) in [6.07, 6.45) is 8.36. The van der Waals surface area contributed by atoms with Crippen LogP contribution in [-0.4, -0.2) is 0 Å². The molecule has 0 saturated carbocycles. The minimum atomic E-state index is 0. The van der Waals surface area contributed by atoms with Crippen LogP contribution in [-0.2, 0) is 26.2 Å². The van der Waals surface area contributed by atoms with E-state index < -0.39 is 0 Å². The van der Waals surface area contributed by atoms with Crippen molar-refractivity contribution in [3.63, 3.8) is 0 Å². The molecule has 0 amide bonds. The minimum absolute atomic E-state index is 0. The van der Waals surface area contributed by atoms with Crippen molar-refractivity contribution in [1.82, 2.24) is 0 Å². The van der Waals surface area contributed by atoms with Crippen molar-refractivity contribution in [1.29, 1.82) is 0 Å². The van der Waals surface area contributed by atoms with Gasteiger partial charge < -0.3 is 24.8 Å². The van der Waals surface area contributed by atoms with Crippen molar-refractivity contribution in [2.24, 2.45) is 0 Å². The van der Waals surface area contributed by atoms with Crippen molar-refractivity contribution >= 4 is 21.5 Å². The SMILES string of the molecule is CC(C)=C1C=CC=C1.[Cl-].[Cl-].[Zr+3].c1ccc2c(c1)[cH-]c1ccccc12. The molecule has 0 fully saturated rings. The molecule has 0 unspecified atom stereocenters. The molecule has 3 heteroatoms. The molecule has 1 aliphatic carbocycles. The zero-order valence-electron chi connectivity index (χ0n) is 13.8. The van der Waals surface area contributed by atoms with Crippen LogP contribution in [0.2, 0.25) is 0 Å². The number of benzene rings is 2. The third kappa shape index (κ3) is 5.25. The molecule has 0 N–H and O–H groups in total. The third-order valence-corrected chi connectivity index (χ3v) is 3.76. The molecule has 0 spiro atoms. The largest absolute Gasteiger partial charge is 3.00 e. The first-order valence-electron chi connectivity index (χ1n) is 7.31. The maximum Gasteiger partial charge on any atom is 3.00 e. The van der Waals surface area contributed by atoms with Crippen LogP contribution < -0.4 is 24.8 Å². The van der Waals surface area contributed by atoms with E-state index >= 15 is 0 Å². The van der Waals surface area contributed by atoms with Crippen molar-refractivity contribution in [3.05, 3.63) is 90.0 Å².